The van der Waals surface area contributed by atoms with Gasteiger partial charge in [-0.2, -0.15) is 26.9 Å². The molecule has 0 spiro atoms. The van der Waals surface area contributed by atoms with E-state index in [4.69, 9.17) is 20.0 Å². The van der Waals surface area contributed by atoms with Crippen LogP contribution in [0.25, 0.3) is 0 Å². The quantitative estimate of drug-likeness (QED) is 0.0381. The van der Waals surface area contributed by atoms with Crippen LogP contribution in [-0.2, 0) is 62.8 Å². The van der Waals surface area contributed by atoms with Crippen molar-refractivity contribution < 1.29 is 84.2 Å². The average molecular weight is 851 g/mol. The minimum absolute atomic E-state index is 0.00944. The van der Waals surface area contributed by atoms with Crippen molar-refractivity contribution in [1.82, 2.24) is 0 Å². The molecule has 4 rings (SSSR count). The highest BCUT2D eigenvalue weighted by Crippen LogP contribution is 2.39. The van der Waals surface area contributed by atoms with Gasteiger partial charge in [0, 0.05) is 11.3 Å². The highest BCUT2D eigenvalue weighted by atomic mass is 32.2. The molecule has 22 nitrogen and oxygen atoms in total. The van der Waals surface area contributed by atoms with Crippen LogP contribution in [0, 0.1) is 11.8 Å². The van der Waals surface area contributed by atoms with Crippen molar-refractivity contribution in [1.29, 1.82) is 0 Å². The summed E-state index contributed by atoms with van der Waals surface area (Å²) in [5.74, 6) is -5.55. The number of hydrogen-bond acceptors (Lipinski definition) is 21. The second-order valence-corrected chi connectivity index (χ2v) is 15.0. The van der Waals surface area contributed by atoms with E-state index in [0.717, 1.165) is 35.3 Å². The minimum atomic E-state index is -4.93. The Hall–Kier alpha value is -4.29. The van der Waals surface area contributed by atoms with Crippen LogP contribution in [-0.4, -0.2) is 83.9 Å². The summed E-state index contributed by atoms with van der Waals surface area (Å²) in [5.41, 5.74) is -0.994. The first-order valence-electron chi connectivity index (χ1n) is 15.3. The van der Waals surface area contributed by atoms with Gasteiger partial charge in [0.15, 0.2) is 11.9 Å². The van der Waals surface area contributed by atoms with E-state index in [1.54, 1.807) is 0 Å². The van der Waals surface area contributed by atoms with Gasteiger partial charge in [0.2, 0.25) is 5.90 Å². The molecule has 2 aromatic rings. The fraction of sp³-hybridized carbons (Fsp3) is 0.276. The number of nitrogens with zero attached hydrogens (tertiary/aromatic N) is 4. The van der Waals surface area contributed by atoms with E-state index >= 15 is 0 Å². The van der Waals surface area contributed by atoms with E-state index in [0.29, 0.717) is 29.1 Å². The largest absolute Gasteiger partial charge is 0.461 e. The van der Waals surface area contributed by atoms with E-state index in [9.17, 15) is 45.4 Å². The number of anilines is 2. The molecule has 1 amide bonds. The van der Waals surface area contributed by atoms with Gasteiger partial charge in [-0.05, 0) is 49.7 Å². The van der Waals surface area contributed by atoms with Crippen LogP contribution in [0.4, 0.5) is 11.4 Å². The number of amides is 1. The van der Waals surface area contributed by atoms with Crippen LogP contribution < -0.4 is 10.0 Å². The number of ether oxygens (including phenoxy) is 2. The highest BCUT2D eigenvalue weighted by molar-refractivity contribution is 7.95. The lowest BCUT2D eigenvalue weighted by Crippen LogP contribution is -2.34. The third kappa shape index (κ3) is 10.7. The predicted octanol–water partition coefficient (Wildman–Crippen LogP) is 3.14. The molecular formula is C29H30N4O18S4. The van der Waals surface area contributed by atoms with Crippen LogP contribution in [0.3, 0.4) is 0 Å². The van der Waals surface area contributed by atoms with E-state index < -0.39 is 77.5 Å². The maximum Gasteiger partial charge on any atom is 0.355 e. The third-order valence-corrected chi connectivity index (χ3v) is 10.2. The number of aliphatic hydroxyl groups excluding tert-OH is 1. The summed E-state index contributed by atoms with van der Waals surface area (Å²) in [5, 5.41) is 45.1. The van der Waals surface area contributed by atoms with Gasteiger partial charge < -0.3 is 14.6 Å². The van der Waals surface area contributed by atoms with Gasteiger partial charge in [-0.15, -0.1) is 13.8 Å². The number of carbonyl (C=O) groups is 3. The van der Waals surface area contributed by atoms with Gasteiger partial charge in [-0.3, -0.25) is 18.7 Å². The lowest BCUT2D eigenvalue weighted by Gasteiger charge is -2.23. The number of hydrogen-bond donors (Lipinski definition) is 5. The molecule has 0 aromatic heterocycles. The van der Waals surface area contributed by atoms with Crippen LogP contribution in [0.15, 0.2) is 90.5 Å². The second-order valence-electron chi connectivity index (χ2n) is 10.7. The summed E-state index contributed by atoms with van der Waals surface area (Å²) >= 11 is 0.787. The number of esters is 2. The number of aliphatic hydroxyl groups is 1. The van der Waals surface area contributed by atoms with Crippen LogP contribution >= 0.6 is 24.1 Å². The number of carbonyl (C=O) groups excluding carboxylic acids is 3. The van der Waals surface area contributed by atoms with Gasteiger partial charge >= 0.3 is 11.9 Å². The molecule has 3 atom stereocenters. The molecule has 0 bridgehead atoms. The molecule has 0 aliphatic carbocycles. The summed E-state index contributed by atoms with van der Waals surface area (Å²) in [6.45, 7) is 2.92. The molecule has 55 heavy (non-hydrogen) atoms. The minimum Gasteiger partial charge on any atom is -0.461 e. The smallest absolute Gasteiger partial charge is 0.355 e. The molecule has 2 heterocycles. The Morgan fingerprint density at radius 2 is 1.64 bits per heavy atom. The Bertz CT molecular complexity index is 2130. The van der Waals surface area contributed by atoms with Crippen LogP contribution in [0.5, 0.6) is 0 Å². The van der Waals surface area contributed by atoms with Gasteiger partial charge in [0.25, 0.3) is 26.1 Å². The average Bonchev–Trinajstić information content (AvgIpc) is 3.63. The molecule has 5 N–H and O–H groups in total. The molecular weight excluding hydrogens is 821 g/mol. The van der Waals surface area contributed by atoms with E-state index in [-0.39, 0.29) is 40.6 Å². The normalized spacial score (nSPS) is 19.0. The Morgan fingerprint density at radius 3 is 2.27 bits per heavy atom. The maximum absolute atomic E-state index is 13.6. The zero-order valence-electron chi connectivity index (χ0n) is 28.1. The Balaban J connectivity index is 1.63. The highest BCUT2D eigenvalue weighted by Gasteiger charge is 2.42. The fourth-order valence-corrected chi connectivity index (χ4v) is 6.86. The zero-order valence-corrected chi connectivity index (χ0v) is 31.4. The van der Waals surface area contributed by atoms with Crippen molar-refractivity contribution >= 4 is 85.2 Å². The van der Waals surface area contributed by atoms with Gasteiger partial charge in [-0.25, -0.2) is 20.3 Å². The molecule has 0 saturated carbocycles. The summed E-state index contributed by atoms with van der Waals surface area (Å²) in [6.07, 6.45) is 3.44. The van der Waals surface area contributed by atoms with E-state index in [1.165, 1.54) is 44.2 Å². The molecule has 298 valence electrons. The first-order chi connectivity index (χ1) is 26.0. The van der Waals surface area contributed by atoms with Crippen LogP contribution in [0.2, 0.25) is 0 Å². The van der Waals surface area contributed by atoms with Crippen LogP contribution in [0.1, 0.15) is 26.7 Å². The number of rotatable bonds is 17. The summed E-state index contributed by atoms with van der Waals surface area (Å²) in [4.78, 5) is 37.5. The number of allylic oxidation sites excluding steroid dienone is 3. The van der Waals surface area contributed by atoms with Crippen molar-refractivity contribution in [3.63, 3.8) is 0 Å². The summed E-state index contributed by atoms with van der Waals surface area (Å²) in [6, 6.07) is 6.21. The van der Waals surface area contributed by atoms with Crippen molar-refractivity contribution in [2.24, 2.45) is 22.0 Å². The maximum atomic E-state index is 13.6. The lowest BCUT2D eigenvalue weighted by atomic mass is 10.0. The molecule has 2 aromatic carbocycles. The lowest BCUT2D eigenvalue weighted by molar-refractivity contribution is -0.432. The zero-order chi connectivity index (χ0) is 40.5. The first kappa shape index (κ1) is 43.4. The first-order valence-corrected chi connectivity index (χ1v) is 19.6. The molecule has 0 saturated heterocycles. The Morgan fingerprint density at radius 1 is 0.927 bits per heavy atom. The van der Waals surface area contributed by atoms with E-state index in [2.05, 4.69) is 28.9 Å². The predicted molar refractivity (Wildman–Crippen MR) is 188 cm³/mol. The summed E-state index contributed by atoms with van der Waals surface area (Å²) < 4.78 is 86.6. The monoisotopic (exact) mass is 850 g/mol. The SMILES string of the molecule is CCOC(=O)C1=NN(c2cc(S(=O)(=O)O)ccc2SOOO)C(O)C1C=CC=CCC1C(=O)N(c2cc(SOOO)ccc2S(=O)(=O)O)N=C1OC(=O)CC. The van der Waals surface area contributed by atoms with Crippen molar-refractivity contribution in [3.05, 3.63) is 60.7 Å². The molecule has 2 aliphatic rings. The van der Waals surface area contributed by atoms with Crippen molar-refractivity contribution in [3.8, 4) is 0 Å². The van der Waals surface area contributed by atoms with Crippen molar-refractivity contribution in [2.75, 3.05) is 16.6 Å². The Kier molecular flexibility index (Phi) is 15.0. The van der Waals surface area contributed by atoms with Crippen molar-refractivity contribution in [2.45, 2.75) is 52.5 Å². The topological polar surface area (TPSA) is 307 Å². The van der Waals surface area contributed by atoms with Gasteiger partial charge in [0.1, 0.15) is 10.8 Å². The van der Waals surface area contributed by atoms with Gasteiger partial charge in [0.05, 0.1) is 57.8 Å². The van der Waals surface area contributed by atoms with E-state index in [1.807, 2.05) is 0 Å². The van der Waals surface area contributed by atoms with Gasteiger partial charge in [-0.1, -0.05) is 41.3 Å². The number of hydrazone groups is 2. The molecule has 0 fully saturated rings. The molecule has 2 aliphatic heterocycles. The molecule has 26 heteroatoms. The molecule has 3 unspecified atom stereocenters. The molecule has 0 radical (unpaired) electrons. The number of benzene rings is 2. The fourth-order valence-electron chi connectivity index (χ4n) is 4.85. The second kappa shape index (κ2) is 19.0. The standard InChI is InChI=1S/C29H30N4O18S4/c1-3-24(34)47-26-19(28(36)33(31-26)21-14-16(52-50-48-38)10-13-23(21)55(43,44)45)9-7-5-6-8-18-25(29(37)46-4-2)30-32(27(18)35)20-15-17(54(40,41)42)11-12-22(20)53-51-49-39/h5-8,10-15,18-19,27,35,38-39H,3-4,9H2,1-2H3,(H,40,41,42)(H,43,44,45). The Labute approximate surface area is 320 Å². The summed E-state index contributed by atoms with van der Waals surface area (Å²) in [7, 11) is -9.70. The third-order valence-electron chi connectivity index (χ3n) is 7.26.